The van der Waals surface area contributed by atoms with E-state index in [2.05, 4.69) is 96.5 Å². The Morgan fingerprint density at radius 3 is 2.25 bits per heavy atom. The molecule has 5 rings (SSSR count). The van der Waals surface area contributed by atoms with Gasteiger partial charge in [-0.25, -0.2) is 4.98 Å². The minimum absolute atomic E-state index is 0.163. The predicted molar refractivity (Wildman–Crippen MR) is 115 cm³/mol. The first-order valence-electron chi connectivity index (χ1n) is 10.1. The Hall–Kier alpha value is -2.91. The lowest BCUT2D eigenvalue weighted by Crippen LogP contribution is -2.45. The molecule has 0 saturated heterocycles. The summed E-state index contributed by atoms with van der Waals surface area (Å²) in [7, 11) is 2.07. The van der Waals surface area contributed by atoms with Gasteiger partial charge in [0.15, 0.2) is 0 Å². The van der Waals surface area contributed by atoms with Crippen LogP contribution in [0.15, 0.2) is 72.8 Å². The van der Waals surface area contributed by atoms with Crippen LogP contribution in [0, 0.1) is 6.92 Å². The van der Waals surface area contributed by atoms with Gasteiger partial charge in [-0.15, -0.1) is 0 Å². The summed E-state index contributed by atoms with van der Waals surface area (Å²) < 4.78 is 2.26. The fourth-order valence-corrected chi connectivity index (χ4v) is 4.48. The zero-order chi connectivity index (χ0) is 19.1. The smallest absolute Gasteiger partial charge is 0.138 e. The topological polar surface area (TPSA) is 29.3 Å². The van der Waals surface area contributed by atoms with Crippen molar-refractivity contribution in [3.63, 3.8) is 0 Å². The molecule has 0 atom stereocenters. The first kappa shape index (κ1) is 17.2. The van der Waals surface area contributed by atoms with Crippen LogP contribution in [0.2, 0.25) is 0 Å². The maximum Gasteiger partial charge on any atom is 0.138 e. The fourth-order valence-electron chi connectivity index (χ4n) is 4.48. The summed E-state index contributed by atoms with van der Waals surface area (Å²) in [5.74, 6) is 0. The maximum absolute atomic E-state index is 5.01. The molecular weight excluding hydrogens is 342 g/mol. The summed E-state index contributed by atoms with van der Waals surface area (Å²) in [5, 5.41) is 3.54. The van der Waals surface area contributed by atoms with Gasteiger partial charge in [0.05, 0.1) is 11.4 Å². The third kappa shape index (κ3) is 2.58. The van der Waals surface area contributed by atoms with Gasteiger partial charge in [-0.1, -0.05) is 60.7 Å². The number of imidazole rings is 1. The summed E-state index contributed by atoms with van der Waals surface area (Å²) in [6.07, 6.45) is 3.73. The minimum atomic E-state index is 0.163. The molecule has 0 radical (unpaired) electrons. The molecule has 0 aliphatic heterocycles. The average molecular weight is 367 g/mol. The molecule has 0 amide bonds. The molecule has 1 aliphatic rings. The van der Waals surface area contributed by atoms with Crippen molar-refractivity contribution in [2.45, 2.75) is 31.7 Å². The van der Waals surface area contributed by atoms with Gasteiger partial charge in [-0.05, 0) is 50.9 Å². The fraction of sp³-hybridized carbons (Fsp3) is 0.240. The number of fused-ring (bicyclic) bond motifs is 1. The van der Waals surface area contributed by atoms with Crippen molar-refractivity contribution >= 4 is 5.65 Å². The Kier molecular flexibility index (Phi) is 4.06. The molecule has 0 unspecified atom stereocenters. The molecule has 3 heteroatoms. The Balaban J connectivity index is 1.68. The molecule has 140 valence electrons. The van der Waals surface area contributed by atoms with Crippen LogP contribution >= 0.6 is 0 Å². The Morgan fingerprint density at radius 2 is 1.61 bits per heavy atom. The van der Waals surface area contributed by atoms with Gasteiger partial charge < -0.3 is 5.32 Å². The minimum Gasteiger partial charge on any atom is -0.310 e. The second-order valence-electron chi connectivity index (χ2n) is 7.80. The van der Waals surface area contributed by atoms with E-state index in [-0.39, 0.29) is 5.54 Å². The van der Waals surface area contributed by atoms with E-state index in [4.69, 9.17) is 4.98 Å². The van der Waals surface area contributed by atoms with Gasteiger partial charge >= 0.3 is 0 Å². The molecule has 1 fully saturated rings. The van der Waals surface area contributed by atoms with Gasteiger partial charge in [0.1, 0.15) is 5.65 Å². The van der Waals surface area contributed by atoms with Crippen molar-refractivity contribution in [2.75, 3.05) is 7.05 Å². The van der Waals surface area contributed by atoms with Gasteiger partial charge in [0.2, 0.25) is 0 Å². The van der Waals surface area contributed by atoms with E-state index in [1.54, 1.807) is 0 Å². The van der Waals surface area contributed by atoms with Crippen molar-refractivity contribution in [1.29, 1.82) is 0 Å². The molecule has 1 aliphatic carbocycles. The Labute approximate surface area is 166 Å². The van der Waals surface area contributed by atoms with Crippen LogP contribution in [0.25, 0.3) is 28.2 Å². The number of nitrogens with one attached hydrogen (secondary N) is 1. The number of hydrogen-bond donors (Lipinski definition) is 1. The first-order valence-corrected chi connectivity index (χ1v) is 10.1. The van der Waals surface area contributed by atoms with Gasteiger partial charge in [-0.2, -0.15) is 0 Å². The lowest BCUT2D eigenvalue weighted by atomic mass is 9.72. The second kappa shape index (κ2) is 6.61. The van der Waals surface area contributed by atoms with Crippen LogP contribution in [0.4, 0.5) is 0 Å². The SMILES string of the molecule is CNC1(c2ccc(-c3nc4cccc(C)n4c3-c3ccccc3)cc2)CCC1. The van der Waals surface area contributed by atoms with E-state index < -0.39 is 0 Å². The van der Waals surface area contributed by atoms with Crippen LogP contribution in [-0.4, -0.2) is 16.4 Å². The van der Waals surface area contributed by atoms with Gasteiger partial charge in [0, 0.05) is 22.4 Å². The highest BCUT2D eigenvalue weighted by Gasteiger charge is 2.36. The van der Waals surface area contributed by atoms with E-state index in [1.165, 1.54) is 36.1 Å². The molecule has 2 aromatic heterocycles. The van der Waals surface area contributed by atoms with Crippen molar-refractivity contribution in [3.05, 3.63) is 84.1 Å². The average Bonchev–Trinajstić information content (AvgIpc) is 3.10. The van der Waals surface area contributed by atoms with Gasteiger partial charge in [0.25, 0.3) is 0 Å². The molecule has 3 nitrogen and oxygen atoms in total. The van der Waals surface area contributed by atoms with E-state index in [1.807, 2.05) is 0 Å². The Morgan fingerprint density at radius 1 is 0.857 bits per heavy atom. The molecule has 0 spiro atoms. The molecule has 4 aromatic rings. The number of benzene rings is 2. The molecule has 28 heavy (non-hydrogen) atoms. The number of rotatable bonds is 4. The second-order valence-corrected chi connectivity index (χ2v) is 7.80. The van der Waals surface area contributed by atoms with Crippen LogP contribution in [0.1, 0.15) is 30.5 Å². The maximum atomic E-state index is 5.01. The number of aryl methyl sites for hydroxylation is 1. The van der Waals surface area contributed by atoms with E-state index in [0.29, 0.717) is 0 Å². The monoisotopic (exact) mass is 367 g/mol. The largest absolute Gasteiger partial charge is 0.310 e. The molecule has 0 bridgehead atoms. The summed E-state index contributed by atoms with van der Waals surface area (Å²) >= 11 is 0. The van der Waals surface area contributed by atoms with Crippen LogP contribution in [-0.2, 0) is 5.54 Å². The van der Waals surface area contributed by atoms with E-state index in [9.17, 15) is 0 Å². The van der Waals surface area contributed by atoms with Crippen LogP contribution in [0.5, 0.6) is 0 Å². The number of nitrogens with zero attached hydrogens (tertiary/aromatic N) is 2. The molecule has 1 N–H and O–H groups in total. The highest BCUT2D eigenvalue weighted by Crippen LogP contribution is 2.42. The zero-order valence-corrected chi connectivity index (χ0v) is 16.4. The normalized spacial score (nSPS) is 15.5. The summed E-state index contributed by atoms with van der Waals surface area (Å²) in [4.78, 5) is 5.01. The van der Waals surface area contributed by atoms with Crippen molar-refractivity contribution in [3.8, 4) is 22.5 Å². The molecule has 2 heterocycles. The van der Waals surface area contributed by atoms with Crippen LogP contribution < -0.4 is 5.32 Å². The quantitative estimate of drug-likeness (QED) is 0.510. The molecule has 1 saturated carbocycles. The molecular formula is C25H25N3. The zero-order valence-electron chi connectivity index (χ0n) is 16.4. The van der Waals surface area contributed by atoms with Crippen molar-refractivity contribution < 1.29 is 0 Å². The number of aromatic nitrogens is 2. The Bertz CT molecular complexity index is 1110. The van der Waals surface area contributed by atoms with E-state index >= 15 is 0 Å². The van der Waals surface area contributed by atoms with Crippen molar-refractivity contribution in [1.82, 2.24) is 14.7 Å². The third-order valence-corrected chi connectivity index (χ3v) is 6.28. The lowest BCUT2D eigenvalue weighted by molar-refractivity contribution is 0.201. The van der Waals surface area contributed by atoms with Crippen LogP contribution in [0.3, 0.4) is 0 Å². The number of hydrogen-bond acceptors (Lipinski definition) is 2. The first-order chi connectivity index (χ1) is 13.7. The van der Waals surface area contributed by atoms with Gasteiger partial charge in [-0.3, -0.25) is 4.40 Å². The van der Waals surface area contributed by atoms with E-state index in [0.717, 1.165) is 22.6 Å². The highest BCUT2D eigenvalue weighted by atomic mass is 15.0. The summed E-state index contributed by atoms with van der Waals surface area (Å²) in [5.41, 5.74) is 8.28. The standard InChI is InChI=1S/C25H25N3/c1-18-8-6-11-22-27-23(24(28(18)22)20-9-4-3-5-10-20)19-12-14-21(15-13-19)25(26-2)16-7-17-25/h3-6,8-15,26H,7,16-17H2,1-2H3. The summed E-state index contributed by atoms with van der Waals surface area (Å²) in [6.45, 7) is 2.14. The summed E-state index contributed by atoms with van der Waals surface area (Å²) in [6, 6.07) is 25.9. The lowest BCUT2D eigenvalue weighted by Gasteiger charge is -2.42. The third-order valence-electron chi connectivity index (χ3n) is 6.28. The number of pyridine rings is 1. The molecule has 2 aromatic carbocycles. The highest BCUT2D eigenvalue weighted by molar-refractivity contribution is 5.82. The predicted octanol–water partition coefficient (Wildman–Crippen LogP) is 5.58. The van der Waals surface area contributed by atoms with Crippen molar-refractivity contribution in [2.24, 2.45) is 0 Å².